The summed E-state index contributed by atoms with van der Waals surface area (Å²) in [7, 11) is 0. The zero-order valence-corrected chi connectivity index (χ0v) is 22.4. The molecule has 3 atom stereocenters. The van der Waals surface area contributed by atoms with Crippen molar-refractivity contribution in [2.24, 2.45) is 11.8 Å². The van der Waals surface area contributed by atoms with E-state index in [0.29, 0.717) is 58.4 Å². The van der Waals surface area contributed by atoms with E-state index in [2.05, 4.69) is 20.9 Å². The number of hydrogen-bond acceptors (Lipinski definition) is 6. The van der Waals surface area contributed by atoms with E-state index < -0.39 is 18.0 Å². The topological polar surface area (TPSA) is 120 Å². The molecule has 1 aromatic carbocycles. The Morgan fingerprint density at radius 3 is 2.55 bits per heavy atom. The highest BCUT2D eigenvalue weighted by atomic mass is 35.5. The van der Waals surface area contributed by atoms with Gasteiger partial charge in [-0.2, -0.15) is 0 Å². The van der Waals surface area contributed by atoms with E-state index in [1.165, 1.54) is 12.5 Å². The first-order valence-electron chi connectivity index (χ1n) is 12.9. The molecule has 0 radical (unpaired) electrons. The van der Waals surface area contributed by atoms with Crippen molar-refractivity contribution in [3.63, 3.8) is 0 Å². The van der Waals surface area contributed by atoms with Crippen LogP contribution >= 0.6 is 23.2 Å². The van der Waals surface area contributed by atoms with Gasteiger partial charge in [-0.1, -0.05) is 55.3 Å². The van der Waals surface area contributed by atoms with Crippen LogP contribution in [0.2, 0.25) is 10.0 Å². The Bertz CT molecular complexity index is 1330. The Labute approximate surface area is 230 Å². The Kier molecular flexibility index (Phi) is 9.52. The number of amides is 1. The highest BCUT2D eigenvalue weighted by Crippen LogP contribution is 2.30. The summed E-state index contributed by atoms with van der Waals surface area (Å²) >= 11 is 12.4. The molecule has 10 heteroatoms. The first-order chi connectivity index (χ1) is 18.4. The monoisotopic (exact) mass is 556 g/mol. The first kappa shape index (κ1) is 27.8. The lowest BCUT2D eigenvalue weighted by atomic mass is 9.84. The molecular weight excluding hydrogens is 527 g/mol. The molecule has 8 nitrogen and oxygen atoms in total. The van der Waals surface area contributed by atoms with Crippen molar-refractivity contribution in [2.45, 2.75) is 63.5 Å². The maximum atomic E-state index is 13.3. The number of H-pyrrole nitrogens is 1. The molecular formula is C28H30Cl2N4O4. The van der Waals surface area contributed by atoms with Crippen LogP contribution in [0.25, 0.3) is 10.9 Å². The summed E-state index contributed by atoms with van der Waals surface area (Å²) in [5.74, 6) is 5.48. The van der Waals surface area contributed by atoms with Gasteiger partial charge in [0.25, 0.3) is 5.91 Å². The van der Waals surface area contributed by atoms with E-state index in [1.807, 2.05) is 11.9 Å². The van der Waals surface area contributed by atoms with E-state index in [9.17, 15) is 19.2 Å². The number of aromatic nitrogens is 1. The largest absolute Gasteiger partial charge is 0.379 e. The Hall–Kier alpha value is -3.24. The van der Waals surface area contributed by atoms with Crippen LogP contribution in [0.3, 0.4) is 0 Å². The lowest BCUT2D eigenvalue weighted by Crippen LogP contribution is -2.44. The van der Waals surface area contributed by atoms with E-state index in [0.717, 1.165) is 25.7 Å². The molecule has 38 heavy (non-hydrogen) atoms. The zero-order chi connectivity index (χ0) is 27.1. The number of carbonyl (C=O) groups is 1. The number of allylic oxidation sites excluding steroid dienone is 1. The van der Waals surface area contributed by atoms with Crippen molar-refractivity contribution < 1.29 is 19.2 Å². The molecule has 0 bridgehead atoms. The van der Waals surface area contributed by atoms with Crippen LogP contribution in [-0.4, -0.2) is 47.3 Å². The molecule has 1 saturated carbocycles. The van der Waals surface area contributed by atoms with Gasteiger partial charge in [-0.05, 0) is 43.4 Å². The molecule has 0 spiro atoms. The van der Waals surface area contributed by atoms with Gasteiger partial charge in [-0.15, -0.1) is 0 Å². The lowest BCUT2D eigenvalue weighted by molar-refractivity contribution is 0.0930. The van der Waals surface area contributed by atoms with E-state index in [1.54, 1.807) is 24.1 Å². The van der Waals surface area contributed by atoms with E-state index in [4.69, 9.17) is 23.2 Å². The van der Waals surface area contributed by atoms with Gasteiger partial charge >= 0.3 is 0 Å². The van der Waals surface area contributed by atoms with Crippen molar-refractivity contribution >= 4 is 57.8 Å². The summed E-state index contributed by atoms with van der Waals surface area (Å²) in [5, 5.41) is 10.6. The smallest absolute Gasteiger partial charge is 0.268 e. The summed E-state index contributed by atoms with van der Waals surface area (Å²) in [6.07, 6.45) is 8.36. The molecule has 2 aromatic rings. The number of fused-ring (bicyclic) bond motifs is 1. The molecule has 2 fully saturated rings. The number of rotatable bonds is 10. The molecule has 4 rings (SSSR count). The minimum atomic E-state index is -0.654. The van der Waals surface area contributed by atoms with Gasteiger partial charge in [0.05, 0.1) is 22.8 Å². The standard InChI is InChI=1S/C28H30Cl2N4O4/c29-19-12-22(30)21-14-25(33-23(21)13-19)28(38)34-24(10-17-4-2-1-3-5-17)27(16-37)32-20(7-9-35)11-18-6-8-31-26(18)15-36/h7,12-14,17-18,20,24,31-33H,1-6,8,10-11H2,(H,34,38)/t18-,20+,24-/m0/s1. The molecule has 0 unspecified atom stereocenters. The normalized spacial score (nSPS) is 19.0. The van der Waals surface area contributed by atoms with Crippen molar-refractivity contribution in [3.8, 4) is 0 Å². The number of carbonyl (C=O) groups excluding carboxylic acids is 4. The van der Waals surface area contributed by atoms with Crippen LogP contribution in [0.15, 0.2) is 35.7 Å². The fraction of sp³-hybridized carbons (Fsp3) is 0.464. The Balaban J connectivity index is 1.56. The van der Waals surface area contributed by atoms with Crippen LogP contribution in [0.1, 0.15) is 61.9 Å². The molecule has 1 saturated heterocycles. The summed E-state index contributed by atoms with van der Waals surface area (Å²) in [6.45, 7) is 0.642. The van der Waals surface area contributed by atoms with E-state index >= 15 is 0 Å². The average Bonchev–Trinajstić information content (AvgIpc) is 3.54. The van der Waals surface area contributed by atoms with Crippen LogP contribution < -0.4 is 16.0 Å². The van der Waals surface area contributed by atoms with E-state index in [-0.39, 0.29) is 17.3 Å². The van der Waals surface area contributed by atoms with Crippen molar-refractivity contribution in [1.29, 1.82) is 0 Å². The third-order valence-corrected chi connectivity index (χ3v) is 7.96. The van der Waals surface area contributed by atoms with Gasteiger partial charge in [0.2, 0.25) is 0 Å². The third-order valence-electron chi connectivity index (χ3n) is 7.43. The lowest BCUT2D eigenvalue weighted by Gasteiger charge is -2.29. The average molecular weight is 557 g/mol. The third kappa shape index (κ3) is 6.79. The molecule has 2 aliphatic rings. The molecule has 200 valence electrons. The molecule has 1 aliphatic heterocycles. The Morgan fingerprint density at radius 1 is 1.05 bits per heavy atom. The van der Waals surface area contributed by atoms with Crippen molar-refractivity contribution in [3.05, 3.63) is 51.4 Å². The minimum Gasteiger partial charge on any atom is -0.379 e. The second kappa shape index (κ2) is 13.0. The molecule has 1 amide bonds. The van der Waals surface area contributed by atoms with Gasteiger partial charge in [-0.3, -0.25) is 4.79 Å². The summed E-state index contributed by atoms with van der Waals surface area (Å²) in [6, 6.07) is 3.72. The van der Waals surface area contributed by atoms with Crippen LogP contribution in [0, 0.1) is 11.8 Å². The molecule has 4 N–H and O–H groups in total. The van der Waals surface area contributed by atoms with Gasteiger partial charge in [0, 0.05) is 34.5 Å². The van der Waals surface area contributed by atoms with Crippen LogP contribution in [-0.2, 0) is 14.4 Å². The van der Waals surface area contributed by atoms with Gasteiger partial charge < -0.3 is 20.9 Å². The van der Waals surface area contributed by atoms with Crippen molar-refractivity contribution in [2.75, 3.05) is 6.54 Å². The van der Waals surface area contributed by atoms with Crippen LogP contribution in [0.4, 0.5) is 0 Å². The molecule has 1 aromatic heterocycles. The summed E-state index contributed by atoms with van der Waals surface area (Å²) in [5.41, 5.74) is 1.52. The molecule has 1 aliphatic carbocycles. The number of halogens is 2. The number of benzene rings is 1. The fourth-order valence-electron chi connectivity index (χ4n) is 5.51. The number of hydrogen-bond donors (Lipinski definition) is 4. The zero-order valence-electron chi connectivity index (χ0n) is 20.9. The summed E-state index contributed by atoms with van der Waals surface area (Å²) in [4.78, 5) is 51.1. The SMILES string of the molecule is O=C=C[C@H](C[C@@H]1CCNC1=C=O)NC(=C=O)[C@H](CC1CCCCC1)NC(=O)c1cc2c(Cl)cc(Cl)cc2[nH]1. The predicted molar refractivity (Wildman–Crippen MR) is 147 cm³/mol. The fourth-order valence-corrected chi connectivity index (χ4v) is 6.05. The van der Waals surface area contributed by atoms with Gasteiger partial charge in [0.15, 0.2) is 0 Å². The minimum absolute atomic E-state index is 0.128. The maximum Gasteiger partial charge on any atom is 0.268 e. The number of nitrogens with one attached hydrogen (secondary N) is 4. The second-order valence-electron chi connectivity index (χ2n) is 10.0. The summed E-state index contributed by atoms with van der Waals surface area (Å²) < 4.78 is 0. The quantitative estimate of drug-likeness (QED) is 0.323. The maximum absolute atomic E-state index is 13.3. The first-order valence-corrected chi connectivity index (χ1v) is 13.7. The number of aromatic amines is 1. The van der Waals surface area contributed by atoms with Gasteiger partial charge in [0.1, 0.15) is 29.2 Å². The van der Waals surface area contributed by atoms with Gasteiger partial charge in [-0.25, -0.2) is 14.4 Å². The Morgan fingerprint density at radius 2 is 1.84 bits per heavy atom. The predicted octanol–water partition coefficient (Wildman–Crippen LogP) is 4.32. The van der Waals surface area contributed by atoms with Crippen molar-refractivity contribution in [1.82, 2.24) is 20.9 Å². The highest BCUT2D eigenvalue weighted by molar-refractivity contribution is 6.38. The molecule has 2 heterocycles. The van der Waals surface area contributed by atoms with Crippen LogP contribution in [0.5, 0.6) is 0 Å². The second-order valence-corrected chi connectivity index (χ2v) is 10.9. The highest BCUT2D eigenvalue weighted by Gasteiger charge is 2.29.